The highest BCUT2D eigenvalue weighted by Gasteiger charge is 2.37. The lowest BCUT2D eigenvalue weighted by Gasteiger charge is -2.23. The van der Waals surface area contributed by atoms with Crippen LogP contribution in [-0.2, 0) is 16.2 Å². The Morgan fingerprint density at radius 3 is 2.30 bits per heavy atom. The van der Waals surface area contributed by atoms with Gasteiger partial charge in [0.2, 0.25) is 10.0 Å². The molecule has 1 aliphatic carbocycles. The quantitative estimate of drug-likeness (QED) is 0.752. The molecule has 4 nitrogen and oxygen atoms in total. The number of nitrogens with one attached hydrogen (secondary N) is 1. The normalized spacial score (nSPS) is 20.6. The van der Waals surface area contributed by atoms with Crippen molar-refractivity contribution < 1.29 is 26.0 Å². The minimum Gasteiger partial charge on any atom is -0.382 e. The van der Waals surface area contributed by atoms with E-state index in [0.29, 0.717) is 0 Å². The summed E-state index contributed by atoms with van der Waals surface area (Å²) in [4.78, 5) is -0.956. The number of alkyl halides is 3. The van der Waals surface area contributed by atoms with Gasteiger partial charge in [-0.1, -0.05) is 18.6 Å². The van der Waals surface area contributed by atoms with Gasteiger partial charge in [-0.15, -0.1) is 0 Å². The Labute approximate surface area is 154 Å². The Bertz CT molecular complexity index is 927. The highest BCUT2D eigenvalue weighted by molar-refractivity contribution is 7.89. The molecule has 146 valence electrons. The summed E-state index contributed by atoms with van der Waals surface area (Å²) in [5, 5.41) is 7.97. The number of hydrogen-bond acceptors (Lipinski definition) is 3. The highest BCUT2D eigenvalue weighted by Crippen LogP contribution is 2.39. The molecule has 3 rings (SSSR count). The molecule has 1 saturated carbocycles. The molecule has 1 aliphatic rings. The van der Waals surface area contributed by atoms with Gasteiger partial charge in [-0.3, -0.25) is 0 Å². The molecule has 2 aromatic rings. The van der Waals surface area contributed by atoms with Gasteiger partial charge in [0.15, 0.2) is 0 Å². The van der Waals surface area contributed by atoms with Crippen LogP contribution in [0.1, 0.15) is 36.3 Å². The number of nitrogens with two attached hydrogens (primary N) is 1. The van der Waals surface area contributed by atoms with E-state index in [1.165, 1.54) is 18.2 Å². The molecule has 0 heterocycles. The van der Waals surface area contributed by atoms with Crippen LogP contribution in [0.15, 0.2) is 47.4 Å². The van der Waals surface area contributed by atoms with Gasteiger partial charge < -0.3 is 5.32 Å². The van der Waals surface area contributed by atoms with Gasteiger partial charge >= 0.3 is 6.18 Å². The van der Waals surface area contributed by atoms with Crippen molar-refractivity contribution in [2.45, 2.75) is 42.3 Å². The van der Waals surface area contributed by atoms with E-state index in [-0.39, 0.29) is 23.5 Å². The third-order valence-corrected chi connectivity index (χ3v) is 5.73. The van der Waals surface area contributed by atoms with Gasteiger partial charge in [-0.25, -0.2) is 17.9 Å². The molecule has 2 aromatic carbocycles. The summed E-state index contributed by atoms with van der Waals surface area (Å²) in [6.45, 7) is 0. The zero-order chi connectivity index (χ0) is 19.8. The van der Waals surface area contributed by atoms with Gasteiger partial charge in [-0.05, 0) is 48.7 Å². The van der Waals surface area contributed by atoms with Crippen LogP contribution in [0.2, 0.25) is 0 Å². The zero-order valence-corrected chi connectivity index (χ0v) is 14.9. The maximum absolute atomic E-state index is 13.3. The van der Waals surface area contributed by atoms with Crippen molar-refractivity contribution in [1.82, 2.24) is 0 Å². The van der Waals surface area contributed by atoms with Crippen LogP contribution < -0.4 is 10.5 Å². The van der Waals surface area contributed by atoms with Gasteiger partial charge in [0.1, 0.15) is 5.82 Å². The fraction of sp³-hybridized carbons (Fsp3) is 0.333. The molecule has 0 spiro atoms. The summed E-state index contributed by atoms with van der Waals surface area (Å²) in [7, 11) is -4.50. The van der Waals surface area contributed by atoms with Gasteiger partial charge in [0.25, 0.3) is 0 Å². The van der Waals surface area contributed by atoms with E-state index in [9.17, 15) is 26.0 Å². The second kappa shape index (κ2) is 7.12. The molecule has 0 radical (unpaired) electrons. The molecule has 0 aliphatic heterocycles. The summed E-state index contributed by atoms with van der Waals surface area (Å²) in [5.41, 5.74) is -0.233. The molecule has 0 bridgehead atoms. The Balaban J connectivity index is 1.90. The van der Waals surface area contributed by atoms with Gasteiger partial charge in [0, 0.05) is 17.6 Å². The number of primary sulfonamides is 1. The SMILES string of the molecule is NS(=O)(=O)c1ccc(NC2CCCC2c2ccc(F)cc2)cc1C(F)(F)F. The lowest BCUT2D eigenvalue weighted by molar-refractivity contribution is -0.139. The number of sulfonamides is 1. The molecule has 2 atom stereocenters. The molecule has 3 N–H and O–H groups in total. The van der Waals surface area contributed by atoms with E-state index in [4.69, 9.17) is 5.14 Å². The van der Waals surface area contributed by atoms with Crippen LogP contribution in [0.3, 0.4) is 0 Å². The predicted octanol–water partition coefficient (Wildman–Crippen LogP) is 4.24. The fourth-order valence-electron chi connectivity index (χ4n) is 3.55. The maximum atomic E-state index is 13.3. The van der Waals surface area contributed by atoms with E-state index in [2.05, 4.69) is 5.32 Å². The number of halogens is 4. The van der Waals surface area contributed by atoms with Gasteiger partial charge in [-0.2, -0.15) is 13.2 Å². The first-order chi connectivity index (χ1) is 12.6. The fourth-order valence-corrected chi connectivity index (χ4v) is 4.28. The molecular weight excluding hydrogens is 384 g/mol. The van der Waals surface area contributed by atoms with Crippen LogP contribution in [0.4, 0.5) is 23.2 Å². The first-order valence-electron chi connectivity index (χ1n) is 8.32. The summed E-state index contributed by atoms with van der Waals surface area (Å²) in [6.07, 6.45) is -2.42. The molecule has 2 unspecified atom stereocenters. The molecule has 0 amide bonds. The van der Waals surface area contributed by atoms with Crippen LogP contribution >= 0.6 is 0 Å². The van der Waals surface area contributed by atoms with Crippen molar-refractivity contribution in [3.05, 3.63) is 59.4 Å². The standard InChI is InChI=1S/C18H18F4N2O2S/c19-12-6-4-11(5-7-12)14-2-1-3-16(14)24-13-8-9-17(27(23,25)26)15(10-13)18(20,21)22/h4-10,14,16,24H,1-3H2,(H2,23,25,26). The summed E-state index contributed by atoms with van der Waals surface area (Å²) in [5.74, 6) is -0.326. The predicted molar refractivity (Wildman–Crippen MR) is 93.2 cm³/mol. The Morgan fingerprint density at radius 1 is 1.04 bits per heavy atom. The van der Waals surface area contributed by atoms with Gasteiger partial charge in [0.05, 0.1) is 10.5 Å². The summed E-state index contributed by atoms with van der Waals surface area (Å²) < 4.78 is 75.8. The molecule has 0 saturated heterocycles. The Hall–Kier alpha value is -2.13. The first kappa shape index (κ1) is 19.6. The Kier molecular flexibility index (Phi) is 5.18. The van der Waals surface area contributed by atoms with E-state index >= 15 is 0 Å². The van der Waals surface area contributed by atoms with Crippen LogP contribution in [-0.4, -0.2) is 14.5 Å². The summed E-state index contributed by atoms with van der Waals surface area (Å²) >= 11 is 0. The second-order valence-electron chi connectivity index (χ2n) is 6.59. The van der Waals surface area contributed by atoms with E-state index < -0.39 is 26.7 Å². The Morgan fingerprint density at radius 2 is 1.70 bits per heavy atom. The highest BCUT2D eigenvalue weighted by atomic mass is 32.2. The van der Waals surface area contributed by atoms with Crippen molar-refractivity contribution in [3.63, 3.8) is 0 Å². The van der Waals surface area contributed by atoms with Crippen molar-refractivity contribution in [1.29, 1.82) is 0 Å². The number of benzene rings is 2. The lowest BCUT2D eigenvalue weighted by atomic mass is 9.94. The molecule has 27 heavy (non-hydrogen) atoms. The molecule has 9 heteroatoms. The number of anilines is 1. The summed E-state index contributed by atoms with van der Waals surface area (Å²) in [6, 6.07) is 8.81. The zero-order valence-electron chi connectivity index (χ0n) is 14.1. The molecule has 0 aromatic heterocycles. The van der Waals surface area contributed by atoms with Crippen LogP contribution in [0, 0.1) is 5.82 Å². The third-order valence-electron chi connectivity index (χ3n) is 4.76. The lowest BCUT2D eigenvalue weighted by Crippen LogP contribution is -2.24. The third kappa shape index (κ3) is 4.41. The topological polar surface area (TPSA) is 72.2 Å². The number of hydrogen-bond donors (Lipinski definition) is 2. The monoisotopic (exact) mass is 402 g/mol. The van der Waals surface area contributed by atoms with Crippen LogP contribution in [0.5, 0.6) is 0 Å². The minimum atomic E-state index is -4.86. The van der Waals surface area contributed by atoms with Crippen molar-refractivity contribution in [2.24, 2.45) is 5.14 Å². The van der Waals surface area contributed by atoms with Crippen molar-refractivity contribution in [3.8, 4) is 0 Å². The average molecular weight is 402 g/mol. The van der Waals surface area contributed by atoms with E-state index in [1.807, 2.05) is 0 Å². The van der Waals surface area contributed by atoms with Crippen LogP contribution in [0.25, 0.3) is 0 Å². The first-order valence-corrected chi connectivity index (χ1v) is 9.86. The minimum absolute atomic E-state index is 0.0258. The number of rotatable bonds is 4. The van der Waals surface area contributed by atoms with Crippen molar-refractivity contribution in [2.75, 3.05) is 5.32 Å². The maximum Gasteiger partial charge on any atom is 0.417 e. The van der Waals surface area contributed by atoms with E-state index in [0.717, 1.165) is 37.0 Å². The average Bonchev–Trinajstić information content (AvgIpc) is 3.02. The van der Waals surface area contributed by atoms with E-state index in [1.54, 1.807) is 12.1 Å². The van der Waals surface area contributed by atoms with Crippen molar-refractivity contribution >= 4 is 15.7 Å². The largest absolute Gasteiger partial charge is 0.417 e. The second-order valence-corrected chi connectivity index (χ2v) is 8.12. The molecule has 1 fully saturated rings. The smallest absolute Gasteiger partial charge is 0.382 e. The molecular formula is C18H18F4N2O2S.